The molecule has 1 rings (SSSR count). The Bertz CT molecular complexity index is 420. The minimum Gasteiger partial charge on any atom is -0.478 e. The van der Waals surface area contributed by atoms with Gasteiger partial charge in [-0.25, -0.2) is 4.79 Å². The molecule has 0 aliphatic rings. The quantitative estimate of drug-likeness (QED) is 0.819. The smallest absolute Gasteiger partial charge is 0.336 e. The van der Waals surface area contributed by atoms with E-state index in [0.717, 1.165) is 0 Å². The van der Waals surface area contributed by atoms with Gasteiger partial charge in [-0.2, -0.15) is 5.26 Å². The highest BCUT2D eigenvalue weighted by Gasteiger charge is 2.12. The summed E-state index contributed by atoms with van der Waals surface area (Å²) in [6, 6.07) is 6.66. The fourth-order valence-electron chi connectivity index (χ4n) is 1.19. The normalized spacial score (nSPS) is 11.5. The second-order valence-corrected chi connectivity index (χ2v) is 3.12. The van der Waals surface area contributed by atoms with Crippen molar-refractivity contribution >= 4 is 5.97 Å². The number of aromatic carboxylic acids is 1. The van der Waals surface area contributed by atoms with Gasteiger partial charge in [0, 0.05) is 5.56 Å². The number of hydrogen-bond acceptors (Lipinski definition) is 3. The van der Waals surface area contributed by atoms with E-state index in [1.165, 1.54) is 6.07 Å². The van der Waals surface area contributed by atoms with Crippen LogP contribution in [0.15, 0.2) is 18.2 Å². The Morgan fingerprint density at radius 2 is 2.27 bits per heavy atom. The number of nitriles is 1. The molecule has 0 aliphatic heterocycles. The molecule has 78 valence electrons. The van der Waals surface area contributed by atoms with E-state index in [0.29, 0.717) is 11.3 Å². The Labute approximate surface area is 87.7 Å². The summed E-state index contributed by atoms with van der Waals surface area (Å²) in [6.07, 6.45) is -0.590. The van der Waals surface area contributed by atoms with E-state index >= 15 is 0 Å². The van der Waals surface area contributed by atoms with E-state index in [-0.39, 0.29) is 5.56 Å². The van der Waals surface area contributed by atoms with Crippen LogP contribution in [-0.2, 0) is 0 Å². The van der Waals surface area contributed by atoms with Crippen LogP contribution in [0.5, 0.6) is 5.75 Å². The summed E-state index contributed by atoms with van der Waals surface area (Å²) in [7, 11) is 0. The fourth-order valence-corrected chi connectivity index (χ4v) is 1.19. The average Bonchev–Trinajstić information content (AvgIpc) is 2.20. The van der Waals surface area contributed by atoms with Crippen LogP contribution in [-0.4, -0.2) is 17.2 Å². The molecule has 0 saturated heterocycles. The highest BCUT2D eigenvalue weighted by molar-refractivity contribution is 5.90. The summed E-state index contributed by atoms with van der Waals surface area (Å²) in [4.78, 5) is 10.8. The van der Waals surface area contributed by atoms with Gasteiger partial charge in [-0.05, 0) is 26.0 Å². The summed E-state index contributed by atoms with van der Waals surface area (Å²) < 4.78 is 5.26. The third-order valence-electron chi connectivity index (χ3n) is 2.00. The molecule has 0 amide bonds. The Hall–Kier alpha value is -2.02. The van der Waals surface area contributed by atoms with E-state index in [1.807, 2.05) is 6.07 Å². The van der Waals surface area contributed by atoms with E-state index < -0.39 is 12.1 Å². The molecule has 0 radical (unpaired) electrons. The first-order valence-electron chi connectivity index (χ1n) is 4.45. The molecule has 1 unspecified atom stereocenters. The summed E-state index contributed by atoms with van der Waals surface area (Å²) in [5, 5.41) is 17.4. The standard InChI is InChI=1S/C11H11NO3/c1-7(6-12)15-10-5-3-4-9(8(10)2)11(13)14/h3-5,7H,1-2H3,(H,13,14). The van der Waals surface area contributed by atoms with Crippen LogP contribution < -0.4 is 4.74 Å². The number of carboxylic acid groups (broad SMARTS) is 1. The molecule has 1 aromatic carbocycles. The molecule has 1 aromatic rings. The molecule has 15 heavy (non-hydrogen) atoms. The number of hydrogen-bond donors (Lipinski definition) is 1. The molecule has 0 aromatic heterocycles. The van der Waals surface area contributed by atoms with Crippen molar-refractivity contribution in [2.45, 2.75) is 20.0 Å². The Kier molecular flexibility index (Phi) is 3.29. The molecule has 1 atom stereocenters. The fraction of sp³-hybridized carbons (Fsp3) is 0.273. The highest BCUT2D eigenvalue weighted by atomic mass is 16.5. The minimum absolute atomic E-state index is 0.192. The second-order valence-electron chi connectivity index (χ2n) is 3.12. The van der Waals surface area contributed by atoms with Gasteiger partial charge in [0.15, 0.2) is 6.10 Å². The highest BCUT2D eigenvalue weighted by Crippen LogP contribution is 2.22. The third kappa shape index (κ3) is 2.47. The summed E-state index contributed by atoms with van der Waals surface area (Å²) >= 11 is 0. The third-order valence-corrected chi connectivity index (χ3v) is 2.00. The first-order chi connectivity index (χ1) is 7.06. The Morgan fingerprint density at radius 3 is 2.80 bits per heavy atom. The van der Waals surface area contributed by atoms with Gasteiger partial charge in [0.1, 0.15) is 11.8 Å². The zero-order valence-corrected chi connectivity index (χ0v) is 8.52. The summed E-state index contributed by atoms with van der Waals surface area (Å²) in [5.41, 5.74) is 0.727. The van der Waals surface area contributed by atoms with Crippen LogP contribution in [0.1, 0.15) is 22.8 Å². The number of ether oxygens (including phenoxy) is 1. The molecule has 4 heteroatoms. The molecule has 0 bridgehead atoms. The summed E-state index contributed by atoms with van der Waals surface area (Å²) in [6.45, 7) is 3.26. The lowest BCUT2D eigenvalue weighted by Gasteiger charge is -2.11. The van der Waals surface area contributed by atoms with Crippen LogP contribution in [0.4, 0.5) is 0 Å². The molecular weight excluding hydrogens is 194 g/mol. The lowest BCUT2D eigenvalue weighted by molar-refractivity contribution is 0.0695. The minimum atomic E-state index is -0.998. The van der Waals surface area contributed by atoms with Gasteiger partial charge in [-0.3, -0.25) is 0 Å². The molecule has 0 spiro atoms. The molecule has 0 aliphatic carbocycles. The van der Waals surface area contributed by atoms with E-state index in [4.69, 9.17) is 15.1 Å². The maximum Gasteiger partial charge on any atom is 0.336 e. The maximum absolute atomic E-state index is 10.8. The van der Waals surface area contributed by atoms with Crippen molar-refractivity contribution in [3.05, 3.63) is 29.3 Å². The van der Waals surface area contributed by atoms with Crippen molar-refractivity contribution in [1.82, 2.24) is 0 Å². The van der Waals surface area contributed by atoms with Gasteiger partial charge in [0.05, 0.1) is 5.56 Å². The first kappa shape index (κ1) is 11.1. The number of rotatable bonds is 3. The van der Waals surface area contributed by atoms with E-state index in [1.54, 1.807) is 26.0 Å². The van der Waals surface area contributed by atoms with Crippen molar-refractivity contribution in [3.8, 4) is 11.8 Å². The number of benzene rings is 1. The van der Waals surface area contributed by atoms with Crippen LogP contribution >= 0.6 is 0 Å². The maximum atomic E-state index is 10.8. The van der Waals surface area contributed by atoms with Crippen LogP contribution in [0.3, 0.4) is 0 Å². The van der Waals surface area contributed by atoms with Crippen molar-refractivity contribution < 1.29 is 14.6 Å². The van der Waals surface area contributed by atoms with Gasteiger partial charge in [0.2, 0.25) is 0 Å². The first-order valence-corrected chi connectivity index (χ1v) is 4.45. The van der Waals surface area contributed by atoms with Gasteiger partial charge in [0.25, 0.3) is 0 Å². The van der Waals surface area contributed by atoms with E-state index in [2.05, 4.69) is 0 Å². The molecule has 4 nitrogen and oxygen atoms in total. The largest absolute Gasteiger partial charge is 0.478 e. The number of carboxylic acids is 1. The Balaban J connectivity index is 3.06. The van der Waals surface area contributed by atoms with Crippen LogP contribution in [0.25, 0.3) is 0 Å². The lowest BCUT2D eigenvalue weighted by atomic mass is 10.1. The predicted molar refractivity (Wildman–Crippen MR) is 53.8 cm³/mol. The van der Waals surface area contributed by atoms with Crippen molar-refractivity contribution in [3.63, 3.8) is 0 Å². The molecular formula is C11H11NO3. The number of carbonyl (C=O) groups is 1. The van der Waals surface area contributed by atoms with Crippen molar-refractivity contribution in [2.75, 3.05) is 0 Å². The van der Waals surface area contributed by atoms with Crippen molar-refractivity contribution in [1.29, 1.82) is 5.26 Å². The van der Waals surface area contributed by atoms with Gasteiger partial charge < -0.3 is 9.84 Å². The topological polar surface area (TPSA) is 70.3 Å². The van der Waals surface area contributed by atoms with Crippen LogP contribution in [0.2, 0.25) is 0 Å². The van der Waals surface area contributed by atoms with Gasteiger partial charge in [-0.15, -0.1) is 0 Å². The average molecular weight is 205 g/mol. The molecule has 1 N–H and O–H groups in total. The lowest BCUT2D eigenvalue weighted by Crippen LogP contribution is -2.10. The molecule has 0 fully saturated rings. The van der Waals surface area contributed by atoms with Gasteiger partial charge >= 0.3 is 5.97 Å². The van der Waals surface area contributed by atoms with E-state index in [9.17, 15) is 4.79 Å². The van der Waals surface area contributed by atoms with Gasteiger partial charge in [-0.1, -0.05) is 6.07 Å². The second kappa shape index (κ2) is 4.47. The zero-order chi connectivity index (χ0) is 11.4. The monoisotopic (exact) mass is 205 g/mol. The van der Waals surface area contributed by atoms with Crippen molar-refractivity contribution in [2.24, 2.45) is 0 Å². The Morgan fingerprint density at radius 1 is 1.60 bits per heavy atom. The van der Waals surface area contributed by atoms with Crippen LogP contribution in [0, 0.1) is 18.3 Å². The SMILES string of the molecule is Cc1c(OC(C)C#N)cccc1C(=O)O. The molecule has 0 saturated carbocycles. The zero-order valence-electron chi connectivity index (χ0n) is 8.52. The summed E-state index contributed by atoms with van der Waals surface area (Å²) in [5.74, 6) is -0.563. The molecule has 0 heterocycles. The number of nitrogens with zero attached hydrogens (tertiary/aromatic N) is 1. The predicted octanol–water partition coefficient (Wildman–Crippen LogP) is 1.98.